The third-order valence-corrected chi connectivity index (χ3v) is 4.79. The number of amides is 1. The van der Waals surface area contributed by atoms with Crippen LogP contribution in [0.15, 0.2) is 49.4 Å². The highest BCUT2D eigenvalue weighted by Crippen LogP contribution is 2.26. The van der Waals surface area contributed by atoms with Crippen molar-refractivity contribution in [1.82, 2.24) is 34.3 Å². The number of nitrogens with one attached hydrogen (secondary N) is 1. The molecule has 3 aromatic rings. The number of likely N-dealkylation sites (N-methyl/N-ethyl adjacent to an activating group) is 1. The summed E-state index contributed by atoms with van der Waals surface area (Å²) in [4.78, 5) is 27.7. The summed E-state index contributed by atoms with van der Waals surface area (Å²) in [5.41, 5.74) is 1.52. The zero-order chi connectivity index (χ0) is 18.1. The molecule has 1 N–H and O–H groups in total. The lowest BCUT2D eigenvalue weighted by molar-refractivity contribution is 0.0930. The van der Waals surface area contributed by atoms with E-state index in [1.807, 2.05) is 29.9 Å². The van der Waals surface area contributed by atoms with Crippen molar-refractivity contribution < 1.29 is 4.79 Å². The first kappa shape index (κ1) is 16.5. The number of hydrogen-bond donors (Lipinski definition) is 1. The van der Waals surface area contributed by atoms with Gasteiger partial charge in [0.15, 0.2) is 0 Å². The summed E-state index contributed by atoms with van der Waals surface area (Å²) >= 11 is 0. The van der Waals surface area contributed by atoms with Crippen LogP contribution in [0.5, 0.6) is 0 Å². The average molecular weight is 351 g/mol. The van der Waals surface area contributed by atoms with Gasteiger partial charge in [0, 0.05) is 50.3 Å². The monoisotopic (exact) mass is 351 g/mol. The van der Waals surface area contributed by atoms with E-state index in [4.69, 9.17) is 0 Å². The zero-order valence-electron chi connectivity index (χ0n) is 14.8. The fraction of sp³-hybridized carbons (Fsp3) is 0.333. The second kappa shape index (κ2) is 6.72. The standard InChI is InChI=1S/C18H21N7O/c1-23-9-13(16-8-20-11-24(16)2)15(10-23)22-18(26)14-4-3-5-17(21-14)25-7-6-19-12-25/h3-8,11-13,15H,9-10H2,1-2H3,(H,22,26)/t13-,15-/m1/s1. The lowest BCUT2D eigenvalue weighted by atomic mass is 10.00. The maximum atomic E-state index is 12.8. The van der Waals surface area contributed by atoms with E-state index in [2.05, 4.69) is 32.2 Å². The Balaban J connectivity index is 1.54. The molecule has 4 heterocycles. The van der Waals surface area contributed by atoms with Gasteiger partial charge in [-0.25, -0.2) is 15.0 Å². The number of carbonyl (C=O) groups is 1. The van der Waals surface area contributed by atoms with Gasteiger partial charge in [-0.1, -0.05) is 6.07 Å². The van der Waals surface area contributed by atoms with Gasteiger partial charge in [0.1, 0.15) is 17.8 Å². The molecule has 4 rings (SSSR count). The minimum atomic E-state index is -0.167. The molecule has 8 nitrogen and oxygen atoms in total. The van der Waals surface area contributed by atoms with Gasteiger partial charge in [-0.05, 0) is 19.2 Å². The summed E-state index contributed by atoms with van der Waals surface area (Å²) in [6.07, 6.45) is 8.81. The van der Waals surface area contributed by atoms with Crippen molar-refractivity contribution in [2.75, 3.05) is 20.1 Å². The maximum Gasteiger partial charge on any atom is 0.270 e. The molecular weight excluding hydrogens is 330 g/mol. The predicted octanol–water partition coefficient (Wildman–Crippen LogP) is 0.828. The minimum absolute atomic E-state index is 0.0154. The molecule has 0 spiro atoms. The summed E-state index contributed by atoms with van der Waals surface area (Å²) in [5, 5.41) is 3.15. The molecule has 1 aliphatic heterocycles. The van der Waals surface area contributed by atoms with E-state index in [1.54, 1.807) is 35.7 Å². The van der Waals surface area contributed by atoms with Crippen molar-refractivity contribution in [3.05, 3.63) is 60.8 Å². The van der Waals surface area contributed by atoms with Crippen LogP contribution in [0.1, 0.15) is 22.1 Å². The number of imidazole rings is 2. The lowest BCUT2D eigenvalue weighted by Gasteiger charge is -2.20. The molecule has 1 amide bonds. The molecule has 0 aromatic carbocycles. The Kier molecular flexibility index (Phi) is 4.26. The normalized spacial score (nSPS) is 20.4. The first-order valence-corrected chi connectivity index (χ1v) is 8.53. The van der Waals surface area contributed by atoms with E-state index >= 15 is 0 Å². The molecule has 3 aromatic heterocycles. The molecule has 2 atom stereocenters. The van der Waals surface area contributed by atoms with Gasteiger partial charge in [-0.3, -0.25) is 9.36 Å². The van der Waals surface area contributed by atoms with Gasteiger partial charge in [0.2, 0.25) is 0 Å². The Morgan fingerprint density at radius 3 is 2.81 bits per heavy atom. The van der Waals surface area contributed by atoms with Crippen LogP contribution in [-0.4, -0.2) is 61.1 Å². The number of nitrogens with zero attached hydrogens (tertiary/aromatic N) is 6. The van der Waals surface area contributed by atoms with E-state index in [0.717, 1.165) is 18.8 Å². The van der Waals surface area contributed by atoms with E-state index < -0.39 is 0 Å². The van der Waals surface area contributed by atoms with Crippen molar-refractivity contribution in [3.8, 4) is 5.82 Å². The predicted molar refractivity (Wildman–Crippen MR) is 96.1 cm³/mol. The first-order valence-electron chi connectivity index (χ1n) is 8.53. The molecule has 0 radical (unpaired) electrons. The second-order valence-electron chi connectivity index (χ2n) is 6.69. The SMILES string of the molecule is CN1C[C@@H](NC(=O)c2cccc(-n3ccnc3)n2)[C@H](c2cncn2C)C1. The Morgan fingerprint density at radius 1 is 1.19 bits per heavy atom. The molecule has 1 aliphatic rings. The molecule has 134 valence electrons. The summed E-state index contributed by atoms with van der Waals surface area (Å²) in [6, 6.07) is 5.42. The molecule has 0 unspecified atom stereocenters. The van der Waals surface area contributed by atoms with E-state index in [-0.39, 0.29) is 17.9 Å². The fourth-order valence-corrected chi connectivity index (χ4v) is 3.50. The van der Waals surface area contributed by atoms with Crippen LogP contribution in [0.3, 0.4) is 0 Å². The molecule has 8 heteroatoms. The van der Waals surface area contributed by atoms with Crippen LogP contribution in [-0.2, 0) is 7.05 Å². The molecule has 0 saturated carbocycles. The largest absolute Gasteiger partial charge is 0.346 e. The highest BCUT2D eigenvalue weighted by atomic mass is 16.2. The lowest BCUT2D eigenvalue weighted by Crippen LogP contribution is -2.40. The number of carbonyl (C=O) groups excluding carboxylic acids is 1. The van der Waals surface area contributed by atoms with Gasteiger partial charge < -0.3 is 14.8 Å². The number of hydrogen-bond acceptors (Lipinski definition) is 5. The Labute approximate surface area is 151 Å². The Bertz CT molecular complexity index is 902. The van der Waals surface area contributed by atoms with Crippen molar-refractivity contribution >= 4 is 5.91 Å². The molecule has 1 saturated heterocycles. The van der Waals surface area contributed by atoms with Crippen LogP contribution in [0.2, 0.25) is 0 Å². The smallest absolute Gasteiger partial charge is 0.270 e. The quantitative estimate of drug-likeness (QED) is 0.753. The summed E-state index contributed by atoms with van der Waals surface area (Å²) in [7, 11) is 4.04. The molecule has 1 fully saturated rings. The van der Waals surface area contributed by atoms with Gasteiger partial charge in [-0.15, -0.1) is 0 Å². The minimum Gasteiger partial charge on any atom is -0.346 e. The fourth-order valence-electron chi connectivity index (χ4n) is 3.50. The summed E-state index contributed by atoms with van der Waals surface area (Å²) in [6.45, 7) is 1.68. The van der Waals surface area contributed by atoms with Gasteiger partial charge >= 0.3 is 0 Å². The summed E-state index contributed by atoms with van der Waals surface area (Å²) in [5.74, 6) is 0.703. The summed E-state index contributed by atoms with van der Waals surface area (Å²) < 4.78 is 3.79. The maximum absolute atomic E-state index is 12.8. The third-order valence-electron chi connectivity index (χ3n) is 4.79. The second-order valence-corrected chi connectivity index (χ2v) is 6.69. The first-order chi connectivity index (χ1) is 12.6. The van der Waals surface area contributed by atoms with Crippen molar-refractivity contribution in [3.63, 3.8) is 0 Å². The van der Waals surface area contributed by atoms with Crippen LogP contribution in [0, 0.1) is 0 Å². The third kappa shape index (κ3) is 3.11. The molecular formula is C18H21N7O. The number of likely N-dealkylation sites (tertiary alicyclic amines) is 1. The van der Waals surface area contributed by atoms with Crippen LogP contribution >= 0.6 is 0 Å². The van der Waals surface area contributed by atoms with Crippen molar-refractivity contribution in [2.45, 2.75) is 12.0 Å². The van der Waals surface area contributed by atoms with Gasteiger partial charge in [0.05, 0.1) is 12.4 Å². The van der Waals surface area contributed by atoms with Crippen molar-refractivity contribution in [1.29, 1.82) is 0 Å². The highest BCUT2D eigenvalue weighted by molar-refractivity contribution is 5.92. The van der Waals surface area contributed by atoms with E-state index in [9.17, 15) is 4.79 Å². The molecule has 0 aliphatic carbocycles. The number of pyridine rings is 1. The number of aromatic nitrogens is 5. The topological polar surface area (TPSA) is 80.9 Å². The molecule has 26 heavy (non-hydrogen) atoms. The van der Waals surface area contributed by atoms with Gasteiger partial charge in [-0.2, -0.15) is 0 Å². The molecule has 0 bridgehead atoms. The van der Waals surface area contributed by atoms with E-state index in [0.29, 0.717) is 11.5 Å². The number of rotatable bonds is 4. The number of aryl methyl sites for hydroxylation is 1. The van der Waals surface area contributed by atoms with Crippen LogP contribution < -0.4 is 5.32 Å². The van der Waals surface area contributed by atoms with Crippen LogP contribution in [0.25, 0.3) is 5.82 Å². The Morgan fingerprint density at radius 2 is 2.08 bits per heavy atom. The van der Waals surface area contributed by atoms with E-state index in [1.165, 1.54) is 0 Å². The zero-order valence-corrected chi connectivity index (χ0v) is 14.8. The van der Waals surface area contributed by atoms with Crippen LogP contribution in [0.4, 0.5) is 0 Å². The Hall–Kier alpha value is -3.00. The van der Waals surface area contributed by atoms with Crippen molar-refractivity contribution in [2.24, 2.45) is 7.05 Å². The highest BCUT2D eigenvalue weighted by Gasteiger charge is 2.35. The van der Waals surface area contributed by atoms with Gasteiger partial charge in [0.25, 0.3) is 5.91 Å². The average Bonchev–Trinajstić information content (AvgIpc) is 3.36.